The largest absolute Gasteiger partial charge is 0.437 e. The van der Waals surface area contributed by atoms with E-state index in [1.165, 1.54) is 4.57 Å². The van der Waals surface area contributed by atoms with Crippen molar-refractivity contribution in [3.63, 3.8) is 0 Å². The van der Waals surface area contributed by atoms with E-state index in [-0.39, 0.29) is 6.54 Å². The van der Waals surface area contributed by atoms with E-state index in [2.05, 4.69) is 10.5 Å². The number of nitrogens with one attached hydrogen (secondary N) is 1. The number of carbonyl (C=O) groups excluding carboxylic acids is 1. The summed E-state index contributed by atoms with van der Waals surface area (Å²) in [5.74, 6) is -0.487. The van der Waals surface area contributed by atoms with Crippen LogP contribution >= 0.6 is 0 Å². The van der Waals surface area contributed by atoms with E-state index in [0.29, 0.717) is 22.5 Å². The van der Waals surface area contributed by atoms with E-state index in [4.69, 9.17) is 9.25 Å². The van der Waals surface area contributed by atoms with Crippen LogP contribution in [0.15, 0.2) is 69.0 Å². The van der Waals surface area contributed by atoms with E-state index in [1.807, 2.05) is 12.1 Å². The van der Waals surface area contributed by atoms with Gasteiger partial charge in [-0.15, -0.1) is 0 Å². The van der Waals surface area contributed by atoms with Gasteiger partial charge in [0.15, 0.2) is 5.58 Å². The van der Waals surface area contributed by atoms with Gasteiger partial charge in [-0.05, 0) is 31.2 Å². The summed E-state index contributed by atoms with van der Waals surface area (Å²) in [4.78, 5) is 28.3. The Bertz CT molecular complexity index is 941. The van der Waals surface area contributed by atoms with Crippen LogP contribution in [0.3, 0.4) is 0 Å². The minimum absolute atomic E-state index is 0.161. The van der Waals surface area contributed by atoms with E-state index in [0.717, 1.165) is 0 Å². The summed E-state index contributed by atoms with van der Waals surface area (Å²) in [7, 11) is 0. The number of rotatable bonds is 4. The van der Waals surface area contributed by atoms with Crippen LogP contribution in [0.25, 0.3) is 11.1 Å². The minimum atomic E-state index is -0.704. The van der Waals surface area contributed by atoms with Crippen molar-refractivity contribution < 1.29 is 14.0 Å². The monoisotopic (exact) mass is 325 g/mol. The topological polar surface area (TPSA) is 85.8 Å². The van der Waals surface area contributed by atoms with Gasteiger partial charge in [0.1, 0.15) is 0 Å². The molecule has 0 saturated heterocycles. The SMILES string of the molecule is C/C(Cn1c(=O)oc2ccccc21)=N/OC(=O)Nc1ccccc1. The normalized spacial score (nSPS) is 11.5. The number of hydrogen-bond acceptors (Lipinski definition) is 5. The fourth-order valence-corrected chi connectivity index (χ4v) is 2.20. The van der Waals surface area contributed by atoms with Crippen LogP contribution < -0.4 is 11.1 Å². The lowest BCUT2D eigenvalue weighted by atomic mass is 10.3. The number of para-hydroxylation sites is 3. The molecular formula is C17H15N3O4. The molecule has 0 fully saturated rings. The maximum absolute atomic E-state index is 11.9. The van der Waals surface area contributed by atoms with Gasteiger partial charge < -0.3 is 4.42 Å². The van der Waals surface area contributed by atoms with E-state index < -0.39 is 11.8 Å². The van der Waals surface area contributed by atoms with Crippen molar-refractivity contribution in [1.82, 2.24) is 4.57 Å². The Balaban J connectivity index is 1.67. The first kappa shape index (κ1) is 15.5. The molecule has 0 bridgehead atoms. The molecule has 0 atom stereocenters. The van der Waals surface area contributed by atoms with Crippen LogP contribution in [0.4, 0.5) is 10.5 Å². The number of benzene rings is 2. The van der Waals surface area contributed by atoms with Gasteiger partial charge in [0.2, 0.25) is 0 Å². The van der Waals surface area contributed by atoms with E-state index in [9.17, 15) is 9.59 Å². The third-order valence-corrected chi connectivity index (χ3v) is 3.27. The second-order valence-corrected chi connectivity index (χ2v) is 5.12. The van der Waals surface area contributed by atoms with E-state index in [1.54, 1.807) is 49.4 Å². The second kappa shape index (κ2) is 6.82. The number of oxime groups is 1. The van der Waals surface area contributed by atoms with Crippen molar-refractivity contribution in [3.05, 3.63) is 65.1 Å². The highest BCUT2D eigenvalue weighted by molar-refractivity contribution is 5.87. The Hall–Kier alpha value is -3.35. The predicted molar refractivity (Wildman–Crippen MR) is 90.1 cm³/mol. The Kier molecular flexibility index (Phi) is 4.42. The molecule has 1 aromatic heterocycles. The Morgan fingerprint density at radius 3 is 2.67 bits per heavy atom. The molecule has 7 heteroatoms. The molecule has 0 aliphatic carbocycles. The molecule has 0 aliphatic rings. The van der Waals surface area contributed by atoms with Gasteiger partial charge in [-0.1, -0.05) is 35.5 Å². The molecule has 3 aromatic rings. The zero-order valence-electron chi connectivity index (χ0n) is 12.9. The van der Waals surface area contributed by atoms with Crippen LogP contribution in [-0.4, -0.2) is 16.4 Å². The van der Waals surface area contributed by atoms with Gasteiger partial charge in [0, 0.05) is 5.69 Å². The van der Waals surface area contributed by atoms with Gasteiger partial charge in [-0.2, -0.15) is 0 Å². The van der Waals surface area contributed by atoms with Gasteiger partial charge in [0.05, 0.1) is 17.8 Å². The quantitative estimate of drug-likeness (QED) is 0.453. The molecule has 1 N–H and O–H groups in total. The number of anilines is 1. The number of carbonyl (C=O) groups is 1. The summed E-state index contributed by atoms with van der Waals surface area (Å²) < 4.78 is 6.56. The van der Waals surface area contributed by atoms with Crippen molar-refractivity contribution in [2.45, 2.75) is 13.5 Å². The molecule has 7 nitrogen and oxygen atoms in total. The van der Waals surface area contributed by atoms with Crippen LogP contribution in [-0.2, 0) is 11.4 Å². The number of oxazole rings is 1. The van der Waals surface area contributed by atoms with Crippen molar-refractivity contribution in [1.29, 1.82) is 0 Å². The molecule has 24 heavy (non-hydrogen) atoms. The molecule has 0 radical (unpaired) electrons. The zero-order valence-corrected chi connectivity index (χ0v) is 12.9. The molecule has 0 spiro atoms. The molecule has 1 amide bonds. The lowest BCUT2D eigenvalue weighted by Gasteiger charge is -2.04. The third-order valence-electron chi connectivity index (χ3n) is 3.27. The maximum atomic E-state index is 11.9. The van der Waals surface area contributed by atoms with Crippen LogP contribution in [0.2, 0.25) is 0 Å². The number of amides is 1. The summed E-state index contributed by atoms with van der Waals surface area (Å²) in [6.07, 6.45) is -0.704. The number of fused-ring (bicyclic) bond motifs is 1. The van der Waals surface area contributed by atoms with Crippen molar-refractivity contribution >= 4 is 28.6 Å². The lowest BCUT2D eigenvalue weighted by molar-refractivity contribution is 0.166. The highest BCUT2D eigenvalue weighted by Gasteiger charge is 2.10. The van der Waals surface area contributed by atoms with Crippen molar-refractivity contribution in [2.24, 2.45) is 5.16 Å². The lowest BCUT2D eigenvalue weighted by Crippen LogP contribution is -2.19. The second-order valence-electron chi connectivity index (χ2n) is 5.12. The molecule has 2 aromatic carbocycles. The molecule has 0 saturated carbocycles. The average Bonchev–Trinajstić information content (AvgIpc) is 2.90. The van der Waals surface area contributed by atoms with Gasteiger partial charge in [-0.3, -0.25) is 14.7 Å². The minimum Gasteiger partial charge on any atom is -0.408 e. The summed E-state index contributed by atoms with van der Waals surface area (Å²) in [6, 6.07) is 16.0. The Morgan fingerprint density at radius 1 is 1.17 bits per heavy atom. The standard InChI is InChI=1S/C17H15N3O4/c1-12(19-24-16(21)18-13-7-3-2-4-8-13)11-20-14-9-5-6-10-15(14)23-17(20)22/h2-10H,11H2,1H3,(H,18,21)/b19-12-. The summed E-state index contributed by atoms with van der Waals surface area (Å²) in [6.45, 7) is 1.82. The highest BCUT2D eigenvalue weighted by Crippen LogP contribution is 2.11. The van der Waals surface area contributed by atoms with Crippen LogP contribution in [0.5, 0.6) is 0 Å². The predicted octanol–water partition coefficient (Wildman–Crippen LogP) is 3.22. The molecule has 0 unspecified atom stereocenters. The Morgan fingerprint density at radius 2 is 1.88 bits per heavy atom. The average molecular weight is 325 g/mol. The number of hydrogen-bond donors (Lipinski definition) is 1. The first-order valence-electron chi connectivity index (χ1n) is 7.28. The number of nitrogens with zero attached hydrogens (tertiary/aromatic N) is 2. The van der Waals surface area contributed by atoms with Gasteiger partial charge in [0.25, 0.3) is 0 Å². The third kappa shape index (κ3) is 3.52. The molecule has 0 aliphatic heterocycles. The van der Waals surface area contributed by atoms with Crippen LogP contribution in [0.1, 0.15) is 6.92 Å². The molecule has 3 rings (SSSR count). The van der Waals surface area contributed by atoms with Crippen LogP contribution in [0, 0.1) is 0 Å². The summed E-state index contributed by atoms with van der Waals surface area (Å²) in [5, 5.41) is 6.29. The summed E-state index contributed by atoms with van der Waals surface area (Å²) in [5.41, 5.74) is 2.21. The van der Waals surface area contributed by atoms with E-state index >= 15 is 0 Å². The van der Waals surface area contributed by atoms with Gasteiger partial charge >= 0.3 is 11.8 Å². The zero-order chi connectivity index (χ0) is 16.9. The molecule has 122 valence electrons. The Labute approximate surface area is 137 Å². The molecular weight excluding hydrogens is 310 g/mol. The first-order valence-corrected chi connectivity index (χ1v) is 7.28. The highest BCUT2D eigenvalue weighted by atomic mass is 16.7. The van der Waals surface area contributed by atoms with Gasteiger partial charge in [-0.25, -0.2) is 9.59 Å². The first-order chi connectivity index (χ1) is 11.6. The fourth-order valence-electron chi connectivity index (χ4n) is 2.20. The van der Waals surface area contributed by atoms with Crippen molar-refractivity contribution in [3.8, 4) is 0 Å². The fraction of sp³-hybridized carbons (Fsp3) is 0.118. The molecule has 1 heterocycles. The summed E-state index contributed by atoms with van der Waals surface area (Å²) >= 11 is 0. The maximum Gasteiger partial charge on any atom is 0.437 e. The smallest absolute Gasteiger partial charge is 0.408 e. The number of aromatic nitrogens is 1. The van der Waals surface area contributed by atoms with Crippen molar-refractivity contribution in [2.75, 3.05) is 5.32 Å².